The third kappa shape index (κ3) is 4.14. The van der Waals surface area contributed by atoms with Gasteiger partial charge in [0.2, 0.25) is 11.8 Å². The van der Waals surface area contributed by atoms with Gasteiger partial charge in [0.05, 0.1) is 12.5 Å². The maximum Gasteiger partial charge on any atom is 0.232 e. The molecule has 26 heavy (non-hydrogen) atoms. The van der Waals surface area contributed by atoms with E-state index in [1.54, 1.807) is 16.2 Å². The van der Waals surface area contributed by atoms with Gasteiger partial charge in [-0.3, -0.25) is 9.59 Å². The minimum absolute atomic E-state index is 0.0409. The number of fused-ring (bicyclic) bond motifs is 1. The Morgan fingerprint density at radius 1 is 1.27 bits per heavy atom. The molecular formula is C20H24N2O3S. The first-order valence-corrected chi connectivity index (χ1v) is 9.65. The Hall–Kier alpha value is -2.18. The Bertz CT molecular complexity index is 815. The van der Waals surface area contributed by atoms with Crippen LogP contribution in [0.4, 0.5) is 5.69 Å². The van der Waals surface area contributed by atoms with Gasteiger partial charge in [-0.2, -0.15) is 0 Å². The molecule has 1 aromatic carbocycles. The zero-order valence-electron chi connectivity index (χ0n) is 15.1. The molecule has 1 atom stereocenters. The number of carbonyl (C=O) groups excluding carboxylic acids is 2. The molecule has 1 aliphatic rings. The van der Waals surface area contributed by atoms with Crippen molar-refractivity contribution in [3.63, 3.8) is 0 Å². The second kappa shape index (κ2) is 8.01. The number of aryl methyl sites for hydroxylation is 2. The van der Waals surface area contributed by atoms with Crippen LogP contribution in [-0.4, -0.2) is 35.0 Å². The lowest BCUT2D eigenvalue weighted by molar-refractivity contribution is -0.134. The van der Waals surface area contributed by atoms with Crippen molar-refractivity contribution >= 4 is 28.8 Å². The molecule has 138 valence electrons. The number of hydrogen-bond donors (Lipinski definition) is 2. The highest BCUT2D eigenvalue weighted by atomic mass is 32.1. The summed E-state index contributed by atoms with van der Waals surface area (Å²) in [5.74, 6) is -0.619. The van der Waals surface area contributed by atoms with Crippen molar-refractivity contribution in [3.8, 4) is 0 Å². The summed E-state index contributed by atoms with van der Waals surface area (Å²) in [6.45, 7) is 5.07. The highest BCUT2D eigenvalue weighted by molar-refractivity contribution is 7.11. The van der Waals surface area contributed by atoms with Crippen LogP contribution < -0.4 is 5.32 Å². The Balaban J connectivity index is 1.75. The van der Waals surface area contributed by atoms with Gasteiger partial charge in [0.15, 0.2) is 0 Å². The van der Waals surface area contributed by atoms with E-state index in [0.717, 1.165) is 21.7 Å². The topological polar surface area (TPSA) is 69.6 Å². The number of nitrogens with one attached hydrogen (secondary N) is 1. The molecule has 0 radical (unpaired) electrons. The van der Waals surface area contributed by atoms with Crippen molar-refractivity contribution in [1.82, 2.24) is 4.90 Å². The van der Waals surface area contributed by atoms with E-state index in [2.05, 4.69) is 5.32 Å². The maximum absolute atomic E-state index is 12.9. The number of aliphatic hydroxyl groups is 1. The number of aliphatic hydroxyl groups excluding tert-OH is 1. The summed E-state index contributed by atoms with van der Waals surface area (Å²) in [5, 5.41) is 12.0. The Kier molecular flexibility index (Phi) is 5.74. The van der Waals surface area contributed by atoms with Crippen molar-refractivity contribution in [2.75, 3.05) is 18.5 Å². The average molecular weight is 372 g/mol. The molecule has 6 heteroatoms. The molecule has 0 spiro atoms. The molecule has 2 N–H and O–H groups in total. The number of amides is 2. The predicted molar refractivity (Wildman–Crippen MR) is 103 cm³/mol. The first-order chi connectivity index (χ1) is 12.5. The molecule has 2 heterocycles. The molecule has 2 amide bonds. The average Bonchev–Trinajstić information content (AvgIpc) is 3.15. The van der Waals surface area contributed by atoms with Crippen molar-refractivity contribution < 1.29 is 14.7 Å². The molecule has 5 nitrogen and oxygen atoms in total. The van der Waals surface area contributed by atoms with Gasteiger partial charge in [0.25, 0.3) is 0 Å². The first-order valence-electron chi connectivity index (χ1n) is 8.83. The van der Waals surface area contributed by atoms with Crippen molar-refractivity contribution in [2.24, 2.45) is 0 Å². The lowest BCUT2D eigenvalue weighted by atomic mass is 9.95. The Morgan fingerprint density at radius 3 is 2.77 bits per heavy atom. The van der Waals surface area contributed by atoms with Crippen LogP contribution in [0.3, 0.4) is 0 Å². The van der Waals surface area contributed by atoms with E-state index < -0.39 is 5.92 Å². The van der Waals surface area contributed by atoms with Crippen molar-refractivity contribution in [2.45, 2.75) is 39.2 Å². The Morgan fingerprint density at radius 2 is 2.08 bits per heavy atom. The third-order valence-corrected chi connectivity index (χ3v) is 5.60. The lowest BCUT2D eigenvalue weighted by Gasteiger charge is -2.23. The molecule has 1 aromatic heterocycles. The molecule has 0 fully saturated rings. The zero-order chi connectivity index (χ0) is 18.7. The van der Waals surface area contributed by atoms with E-state index in [1.807, 2.05) is 44.2 Å². The van der Waals surface area contributed by atoms with E-state index in [-0.39, 0.29) is 24.8 Å². The van der Waals surface area contributed by atoms with E-state index >= 15 is 0 Å². The minimum atomic E-state index is -0.445. The van der Waals surface area contributed by atoms with Crippen LogP contribution in [0.2, 0.25) is 0 Å². The summed E-state index contributed by atoms with van der Waals surface area (Å²) in [6.07, 6.45) is 0.681. The molecular weight excluding hydrogens is 348 g/mol. The Labute approximate surface area is 157 Å². The van der Waals surface area contributed by atoms with Gasteiger partial charge < -0.3 is 15.3 Å². The summed E-state index contributed by atoms with van der Waals surface area (Å²) in [5.41, 5.74) is 2.77. The summed E-state index contributed by atoms with van der Waals surface area (Å²) in [6, 6.07) is 9.89. The van der Waals surface area contributed by atoms with Crippen LogP contribution in [-0.2, 0) is 16.1 Å². The highest BCUT2D eigenvalue weighted by Gasteiger charge is 2.33. The number of carbonyl (C=O) groups is 2. The number of anilines is 1. The molecule has 0 bridgehead atoms. The smallest absolute Gasteiger partial charge is 0.232 e. The summed E-state index contributed by atoms with van der Waals surface area (Å²) in [4.78, 5) is 29.3. The largest absolute Gasteiger partial charge is 0.396 e. The summed E-state index contributed by atoms with van der Waals surface area (Å²) >= 11 is 1.67. The van der Waals surface area contributed by atoms with Gasteiger partial charge >= 0.3 is 0 Å². The van der Waals surface area contributed by atoms with Gasteiger partial charge in [-0.25, -0.2) is 0 Å². The van der Waals surface area contributed by atoms with Gasteiger partial charge in [-0.1, -0.05) is 17.7 Å². The second-order valence-corrected chi connectivity index (χ2v) is 8.11. The van der Waals surface area contributed by atoms with E-state index in [4.69, 9.17) is 5.11 Å². The van der Waals surface area contributed by atoms with E-state index in [0.29, 0.717) is 19.5 Å². The van der Waals surface area contributed by atoms with Crippen LogP contribution in [0.25, 0.3) is 0 Å². The maximum atomic E-state index is 12.9. The zero-order valence-corrected chi connectivity index (χ0v) is 15.9. The fourth-order valence-electron chi connectivity index (χ4n) is 3.26. The third-order valence-electron chi connectivity index (χ3n) is 4.62. The number of hydrogen-bond acceptors (Lipinski definition) is 4. The van der Waals surface area contributed by atoms with Crippen LogP contribution in [0.15, 0.2) is 30.3 Å². The molecule has 1 unspecified atom stereocenters. The van der Waals surface area contributed by atoms with Crippen molar-refractivity contribution in [3.05, 3.63) is 51.2 Å². The normalized spacial score (nSPS) is 15.7. The SMILES string of the molecule is Cc1ccc2c(c1)C(CC(=O)N(CCCO)Cc1ccc(C)s1)C(=O)N2. The molecule has 0 saturated heterocycles. The monoisotopic (exact) mass is 372 g/mol. The van der Waals surface area contributed by atoms with Crippen LogP contribution >= 0.6 is 11.3 Å². The van der Waals surface area contributed by atoms with Crippen LogP contribution in [0.5, 0.6) is 0 Å². The van der Waals surface area contributed by atoms with E-state index in [9.17, 15) is 9.59 Å². The van der Waals surface area contributed by atoms with Crippen LogP contribution in [0, 0.1) is 13.8 Å². The predicted octanol–water partition coefficient (Wildman–Crippen LogP) is 3.20. The van der Waals surface area contributed by atoms with Gasteiger partial charge in [-0.05, 0) is 44.0 Å². The summed E-state index contributed by atoms with van der Waals surface area (Å²) in [7, 11) is 0. The lowest BCUT2D eigenvalue weighted by Crippen LogP contribution is -2.33. The number of nitrogens with zero attached hydrogens (tertiary/aromatic N) is 1. The molecule has 0 aliphatic carbocycles. The summed E-state index contributed by atoms with van der Waals surface area (Å²) < 4.78 is 0. The fourth-order valence-corrected chi connectivity index (χ4v) is 4.17. The fraction of sp³-hybridized carbons (Fsp3) is 0.400. The number of thiophene rings is 1. The molecule has 0 saturated carbocycles. The second-order valence-electron chi connectivity index (χ2n) is 6.74. The van der Waals surface area contributed by atoms with Gasteiger partial charge in [0, 0.05) is 35.0 Å². The van der Waals surface area contributed by atoms with Crippen molar-refractivity contribution in [1.29, 1.82) is 0 Å². The standard InChI is InChI=1S/C20H24N2O3S/c1-13-4-7-18-16(10-13)17(20(25)21-18)11-19(24)22(8-3-9-23)12-15-6-5-14(2)26-15/h4-7,10,17,23H,3,8-9,11-12H2,1-2H3,(H,21,25). The molecule has 2 aromatic rings. The van der Waals surface area contributed by atoms with Gasteiger partial charge in [0.1, 0.15) is 0 Å². The van der Waals surface area contributed by atoms with Crippen LogP contribution in [0.1, 0.15) is 39.6 Å². The number of rotatable bonds is 7. The minimum Gasteiger partial charge on any atom is -0.396 e. The number of benzene rings is 1. The molecule has 1 aliphatic heterocycles. The van der Waals surface area contributed by atoms with E-state index in [1.165, 1.54) is 4.88 Å². The molecule has 3 rings (SSSR count). The first kappa shape index (κ1) is 18.6. The quantitative estimate of drug-likeness (QED) is 0.784. The highest BCUT2D eigenvalue weighted by Crippen LogP contribution is 2.35. The van der Waals surface area contributed by atoms with Gasteiger partial charge in [-0.15, -0.1) is 11.3 Å².